The van der Waals surface area contributed by atoms with Gasteiger partial charge in [0.2, 0.25) is 5.95 Å². The molecule has 1 aromatic carbocycles. The van der Waals surface area contributed by atoms with Gasteiger partial charge in [-0.2, -0.15) is 0 Å². The van der Waals surface area contributed by atoms with Crippen molar-refractivity contribution < 1.29 is 4.74 Å². The highest BCUT2D eigenvalue weighted by Gasteiger charge is 2.09. The molecule has 0 atom stereocenters. The summed E-state index contributed by atoms with van der Waals surface area (Å²) in [6.45, 7) is 4.00. The maximum Gasteiger partial charge on any atom is 0.223 e. The van der Waals surface area contributed by atoms with E-state index in [1.54, 1.807) is 7.11 Å². The molecule has 0 radical (unpaired) electrons. The second-order valence-corrected chi connectivity index (χ2v) is 4.17. The molecule has 4 nitrogen and oxygen atoms in total. The van der Waals surface area contributed by atoms with Gasteiger partial charge >= 0.3 is 0 Å². The van der Waals surface area contributed by atoms with Crippen molar-refractivity contribution in [2.45, 2.75) is 13.8 Å². The highest BCUT2D eigenvalue weighted by molar-refractivity contribution is 5.69. The summed E-state index contributed by atoms with van der Waals surface area (Å²) in [5.74, 6) is 1.44. The number of nitrogens with zero attached hydrogens (tertiary/aromatic N) is 2. The van der Waals surface area contributed by atoms with Gasteiger partial charge in [0, 0.05) is 18.3 Å². The van der Waals surface area contributed by atoms with Crippen LogP contribution in [0.3, 0.4) is 0 Å². The number of ether oxygens (including phenoxy) is 1. The van der Waals surface area contributed by atoms with E-state index in [9.17, 15) is 0 Å². The number of aryl methyl sites for hydroxylation is 2. The lowest BCUT2D eigenvalue weighted by Crippen LogP contribution is -2.00. The van der Waals surface area contributed by atoms with E-state index in [0.717, 1.165) is 22.7 Å². The van der Waals surface area contributed by atoms with E-state index < -0.39 is 0 Å². The minimum atomic E-state index is 0.619. The molecule has 0 aliphatic carbocycles. The normalized spacial score (nSPS) is 10.2. The van der Waals surface area contributed by atoms with E-state index in [0.29, 0.717) is 5.95 Å². The van der Waals surface area contributed by atoms with Crippen LogP contribution in [0, 0.1) is 13.8 Å². The van der Waals surface area contributed by atoms with Crippen LogP contribution in [-0.2, 0) is 0 Å². The summed E-state index contributed by atoms with van der Waals surface area (Å²) in [4.78, 5) is 8.76. The van der Waals surface area contributed by atoms with Crippen molar-refractivity contribution in [3.63, 3.8) is 0 Å². The number of methoxy groups -OCH3 is 1. The lowest BCUT2D eigenvalue weighted by Gasteiger charge is -2.10. The smallest absolute Gasteiger partial charge is 0.223 e. The Balaban J connectivity index is 2.60. The van der Waals surface area contributed by atoms with Gasteiger partial charge in [-0.15, -0.1) is 0 Å². The Kier molecular flexibility index (Phi) is 3.46. The number of benzene rings is 1. The van der Waals surface area contributed by atoms with Gasteiger partial charge in [-0.3, -0.25) is 0 Å². The molecule has 1 aromatic heterocycles. The fraction of sp³-hybridized carbons (Fsp3) is 0.286. The van der Waals surface area contributed by atoms with Gasteiger partial charge in [0.1, 0.15) is 5.75 Å². The Hall–Kier alpha value is -2.10. The molecule has 2 aromatic rings. The fourth-order valence-electron chi connectivity index (χ4n) is 1.84. The zero-order valence-electron chi connectivity index (χ0n) is 11.1. The lowest BCUT2D eigenvalue weighted by atomic mass is 10.1. The van der Waals surface area contributed by atoms with E-state index in [1.807, 2.05) is 32.2 Å². The fourth-order valence-corrected chi connectivity index (χ4v) is 1.84. The number of rotatable bonds is 3. The monoisotopic (exact) mass is 243 g/mol. The second kappa shape index (κ2) is 5.04. The molecule has 2 rings (SSSR count). The summed E-state index contributed by atoms with van der Waals surface area (Å²) in [6, 6.07) is 8.01. The summed E-state index contributed by atoms with van der Waals surface area (Å²) < 4.78 is 5.39. The minimum absolute atomic E-state index is 0.619. The van der Waals surface area contributed by atoms with Crippen molar-refractivity contribution in [2.24, 2.45) is 0 Å². The zero-order valence-corrected chi connectivity index (χ0v) is 11.1. The van der Waals surface area contributed by atoms with E-state index in [1.165, 1.54) is 5.56 Å². The molecule has 1 N–H and O–H groups in total. The number of aromatic nitrogens is 2. The lowest BCUT2D eigenvalue weighted by molar-refractivity contribution is 0.416. The number of anilines is 1. The third-order valence-corrected chi connectivity index (χ3v) is 2.71. The van der Waals surface area contributed by atoms with Crippen LogP contribution in [0.5, 0.6) is 5.75 Å². The molecule has 0 fully saturated rings. The molecular formula is C14H17N3O. The molecule has 18 heavy (non-hydrogen) atoms. The second-order valence-electron chi connectivity index (χ2n) is 4.17. The molecular weight excluding hydrogens is 226 g/mol. The Morgan fingerprint density at radius 2 is 1.89 bits per heavy atom. The summed E-state index contributed by atoms with van der Waals surface area (Å²) in [5.41, 5.74) is 3.95. The molecule has 0 saturated heterocycles. The zero-order chi connectivity index (χ0) is 13.1. The Bertz CT molecular complexity index is 567. The molecule has 0 aliphatic rings. The molecule has 0 aliphatic heterocycles. The first-order valence-corrected chi connectivity index (χ1v) is 5.82. The van der Waals surface area contributed by atoms with Crippen LogP contribution in [-0.4, -0.2) is 24.1 Å². The van der Waals surface area contributed by atoms with Crippen LogP contribution < -0.4 is 10.1 Å². The third-order valence-electron chi connectivity index (χ3n) is 2.71. The highest BCUT2D eigenvalue weighted by Crippen LogP contribution is 2.30. The van der Waals surface area contributed by atoms with Gasteiger partial charge in [-0.1, -0.05) is 11.6 Å². The molecule has 1 heterocycles. The molecule has 94 valence electrons. The standard InChI is InChI=1S/C14H17N3O/c1-9-5-6-13(18-4)11(7-9)12-8-10(2)16-14(15-3)17-12/h5-8H,1-4H3,(H,15,16,17). The maximum atomic E-state index is 5.39. The van der Waals surface area contributed by atoms with Gasteiger partial charge in [-0.05, 0) is 32.0 Å². The summed E-state index contributed by atoms with van der Waals surface area (Å²) in [6.07, 6.45) is 0. The number of nitrogens with one attached hydrogen (secondary N) is 1. The average molecular weight is 243 g/mol. The van der Waals surface area contributed by atoms with Gasteiger partial charge in [0.05, 0.1) is 12.8 Å². The van der Waals surface area contributed by atoms with Crippen LogP contribution in [0.2, 0.25) is 0 Å². The minimum Gasteiger partial charge on any atom is -0.496 e. The van der Waals surface area contributed by atoms with E-state index in [4.69, 9.17) is 4.74 Å². The summed E-state index contributed by atoms with van der Waals surface area (Å²) >= 11 is 0. The van der Waals surface area contributed by atoms with Crippen molar-refractivity contribution in [2.75, 3.05) is 19.5 Å². The highest BCUT2D eigenvalue weighted by atomic mass is 16.5. The Morgan fingerprint density at radius 3 is 2.56 bits per heavy atom. The van der Waals surface area contributed by atoms with Crippen molar-refractivity contribution in [1.82, 2.24) is 9.97 Å². The van der Waals surface area contributed by atoms with Crippen LogP contribution in [0.25, 0.3) is 11.3 Å². The number of hydrogen-bond acceptors (Lipinski definition) is 4. The predicted molar refractivity (Wildman–Crippen MR) is 73.0 cm³/mol. The first-order chi connectivity index (χ1) is 8.63. The maximum absolute atomic E-state index is 5.39. The van der Waals surface area contributed by atoms with Crippen LogP contribution in [0.4, 0.5) is 5.95 Å². The van der Waals surface area contributed by atoms with Crippen LogP contribution in [0.15, 0.2) is 24.3 Å². The van der Waals surface area contributed by atoms with E-state index in [-0.39, 0.29) is 0 Å². The average Bonchev–Trinajstić information content (AvgIpc) is 2.38. The van der Waals surface area contributed by atoms with Crippen LogP contribution >= 0.6 is 0 Å². The predicted octanol–water partition coefficient (Wildman–Crippen LogP) is 2.81. The molecule has 4 heteroatoms. The van der Waals surface area contributed by atoms with Crippen molar-refractivity contribution >= 4 is 5.95 Å². The third kappa shape index (κ3) is 2.42. The van der Waals surface area contributed by atoms with Crippen molar-refractivity contribution in [3.8, 4) is 17.0 Å². The molecule has 0 unspecified atom stereocenters. The number of hydrogen-bond donors (Lipinski definition) is 1. The molecule has 0 amide bonds. The summed E-state index contributed by atoms with van der Waals surface area (Å²) in [5, 5.41) is 2.97. The summed E-state index contributed by atoms with van der Waals surface area (Å²) in [7, 11) is 3.48. The topological polar surface area (TPSA) is 47.0 Å². The molecule has 0 bridgehead atoms. The van der Waals surface area contributed by atoms with Gasteiger partial charge < -0.3 is 10.1 Å². The Labute approximate surface area is 107 Å². The SMILES string of the molecule is CNc1nc(C)cc(-c2cc(C)ccc2OC)n1. The van der Waals surface area contributed by atoms with Gasteiger partial charge in [-0.25, -0.2) is 9.97 Å². The van der Waals surface area contributed by atoms with Gasteiger partial charge in [0.15, 0.2) is 0 Å². The first kappa shape index (κ1) is 12.4. The quantitative estimate of drug-likeness (QED) is 0.900. The van der Waals surface area contributed by atoms with E-state index >= 15 is 0 Å². The largest absolute Gasteiger partial charge is 0.496 e. The molecule has 0 spiro atoms. The Morgan fingerprint density at radius 1 is 1.11 bits per heavy atom. The van der Waals surface area contributed by atoms with Crippen molar-refractivity contribution in [3.05, 3.63) is 35.5 Å². The first-order valence-electron chi connectivity index (χ1n) is 5.82. The van der Waals surface area contributed by atoms with Crippen LogP contribution in [0.1, 0.15) is 11.3 Å². The van der Waals surface area contributed by atoms with Gasteiger partial charge in [0.25, 0.3) is 0 Å². The van der Waals surface area contributed by atoms with E-state index in [2.05, 4.69) is 28.3 Å². The van der Waals surface area contributed by atoms with Crippen molar-refractivity contribution in [1.29, 1.82) is 0 Å². The molecule has 0 saturated carbocycles.